The first kappa shape index (κ1) is 37.9. The molecule has 7 heteroatoms. The molecule has 0 amide bonds. The van der Waals surface area contributed by atoms with Crippen molar-refractivity contribution in [2.45, 2.75) is 0 Å². The highest BCUT2D eigenvalue weighted by Crippen LogP contribution is 2.39. The van der Waals surface area contributed by atoms with Crippen LogP contribution in [0.1, 0.15) is 11.1 Å². The third-order valence-corrected chi connectivity index (χ3v) is 13.1. The number of hydrogen-bond acceptors (Lipinski definition) is 4. The van der Waals surface area contributed by atoms with Gasteiger partial charge >= 0.3 is 0 Å². The minimum atomic E-state index is 0.363. The van der Waals surface area contributed by atoms with E-state index in [1.807, 2.05) is 0 Å². The lowest BCUT2D eigenvalue weighted by Gasteiger charge is -2.16. The van der Waals surface area contributed by atoms with E-state index in [0.29, 0.717) is 33.9 Å². The standard InChI is InChI=1S/C60H35N7/c61-36-38-29-39(37-62)31-42(30-38)60-63-52(40-25-27-43(28-26-40)65-54-19-7-1-13-46(54)47-14-2-8-20-55(47)65)35-53(64-60)41-32-44(66-56-21-9-3-15-48(56)49-16-4-10-22-57(49)66)34-45(33-41)67-58-23-11-5-17-50(58)51-18-6-12-24-59(51)67/h1-35H. The molecule has 0 aliphatic carbocycles. The summed E-state index contributed by atoms with van der Waals surface area (Å²) in [5.41, 5.74) is 14.1. The van der Waals surface area contributed by atoms with Gasteiger partial charge in [0.05, 0.1) is 67.8 Å². The summed E-state index contributed by atoms with van der Waals surface area (Å²) in [6, 6.07) is 78.1. The van der Waals surface area contributed by atoms with Gasteiger partial charge in [-0.05, 0) is 91.0 Å². The minimum absolute atomic E-state index is 0.363. The smallest absolute Gasteiger partial charge is 0.160 e. The van der Waals surface area contributed by atoms with Crippen LogP contribution in [0.3, 0.4) is 0 Å². The molecule has 9 aromatic carbocycles. The van der Waals surface area contributed by atoms with Gasteiger partial charge in [0.2, 0.25) is 0 Å². The zero-order valence-corrected chi connectivity index (χ0v) is 35.8. The molecule has 0 aliphatic rings. The third kappa shape index (κ3) is 6.04. The van der Waals surface area contributed by atoms with Gasteiger partial charge in [0.25, 0.3) is 0 Å². The molecular formula is C60H35N7. The Morgan fingerprint density at radius 3 is 1.01 bits per heavy atom. The van der Waals surface area contributed by atoms with Crippen LogP contribution in [-0.2, 0) is 0 Å². The summed E-state index contributed by atoms with van der Waals surface area (Å²) in [6.45, 7) is 0. The molecule has 4 heterocycles. The summed E-state index contributed by atoms with van der Waals surface area (Å²) in [5, 5.41) is 27.2. The maximum atomic E-state index is 10.1. The first-order valence-corrected chi connectivity index (χ1v) is 22.2. The zero-order chi connectivity index (χ0) is 44.6. The molecule has 13 aromatic rings. The quantitative estimate of drug-likeness (QED) is 0.167. The number of rotatable bonds is 6. The van der Waals surface area contributed by atoms with Crippen molar-refractivity contribution in [2.24, 2.45) is 0 Å². The van der Waals surface area contributed by atoms with Gasteiger partial charge in [-0.15, -0.1) is 0 Å². The van der Waals surface area contributed by atoms with E-state index in [1.54, 1.807) is 18.2 Å². The second-order valence-corrected chi connectivity index (χ2v) is 16.9. The number of fused-ring (bicyclic) bond motifs is 9. The Hall–Kier alpha value is -9.56. The fourth-order valence-electron chi connectivity index (χ4n) is 10.1. The predicted octanol–water partition coefficient (Wildman–Crippen LogP) is 14.5. The van der Waals surface area contributed by atoms with Crippen LogP contribution in [0.5, 0.6) is 0 Å². The summed E-state index contributed by atoms with van der Waals surface area (Å²) in [4.78, 5) is 10.5. The number of para-hydroxylation sites is 6. The lowest BCUT2D eigenvalue weighted by atomic mass is 10.0. The minimum Gasteiger partial charge on any atom is -0.309 e. The molecule has 0 N–H and O–H groups in total. The number of nitriles is 2. The molecule has 0 bridgehead atoms. The Kier molecular flexibility index (Phi) is 8.51. The van der Waals surface area contributed by atoms with E-state index in [0.717, 1.165) is 61.3 Å². The second-order valence-electron chi connectivity index (χ2n) is 16.9. The van der Waals surface area contributed by atoms with Crippen LogP contribution in [0.4, 0.5) is 0 Å². The summed E-state index contributed by atoms with van der Waals surface area (Å²) in [5.74, 6) is 0.410. The maximum absolute atomic E-state index is 10.1. The number of benzene rings is 9. The van der Waals surface area contributed by atoms with Gasteiger partial charge < -0.3 is 13.7 Å². The van der Waals surface area contributed by atoms with Crippen molar-refractivity contribution in [3.05, 3.63) is 223 Å². The molecule has 7 nitrogen and oxygen atoms in total. The van der Waals surface area contributed by atoms with Crippen LogP contribution in [0, 0.1) is 22.7 Å². The summed E-state index contributed by atoms with van der Waals surface area (Å²) in [6.07, 6.45) is 0. The molecule has 0 aliphatic heterocycles. The fourth-order valence-corrected chi connectivity index (χ4v) is 10.1. The Bertz CT molecular complexity index is 3920. The van der Waals surface area contributed by atoms with Gasteiger partial charge in [-0.2, -0.15) is 10.5 Å². The van der Waals surface area contributed by atoms with Crippen molar-refractivity contribution < 1.29 is 0 Å². The van der Waals surface area contributed by atoms with E-state index < -0.39 is 0 Å². The average Bonchev–Trinajstić information content (AvgIpc) is 4.04. The van der Waals surface area contributed by atoms with Gasteiger partial charge in [-0.25, -0.2) is 9.97 Å². The lowest BCUT2D eigenvalue weighted by Crippen LogP contribution is -2.02. The van der Waals surface area contributed by atoms with Crippen molar-refractivity contribution in [1.82, 2.24) is 23.7 Å². The van der Waals surface area contributed by atoms with E-state index in [9.17, 15) is 10.5 Å². The van der Waals surface area contributed by atoms with Gasteiger partial charge in [0.15, 0.2) is 5.82 Å². The molecule has 0 saturated heterocycles. The molecule has 4 aromatic heterocycles. The number of hydrogen-bond donors (Lipinski definition) is 0. The monoisotopic (exact) mass is 853 g/mol. The largest absolute Gasteiger partial charge is 0.309 e. The Balaban J connectivity index is 1.07. The van der Waals surface area contributed by atoms with Gasteiger partial charge in [0.1, 0.15) is 0 Å². The molecular weight excluding hydrogens is 819 g/mol. The SMILES string of the molecule is N#Cc1cc(C#N)cc(-c2nc(-c3ccc(-n4c5ccccc5c5ccccc54)cc3)cc(-c3cc(-n4c5ccccc5c5ccccc54)cc(-n4c5ccccc5c5ccccc54)c3)n2)c1. The summed E-state index contributed by atoms with van der Waals surface area (Å²) >= 11 is 0. The summed E-state index contributed by atoms with van der Waals surface area (Å²) in [7, 11) is 0. The van der Waals surface area contributed by atoms with Crippen LogP contribution < -0.4 is 0 Å². The Morgan fingerprint density at radius 2 is 0.642 bits per heavy atom. The van der Waals surface area contributed by atoms with Crippen LogP contribution in [0.15, 0.2) is 212 Å². The number of aromatic nitrogens is 5. The first-order valence-electron chi connectivity index (χ1n) is 22.2. The highest BCUT2D eigenvalue weighted by atomic mass is 15.0. The average molecular weight is 854 g/mol. The van der Waals surface area contributed by atoms with Gasteiger partial charge in [0, 0.05) is 66.1 Å². The van der Waals surface area contributed by atoms with Crippen LogP contribution in [0.2, 0.25) is 0 Å². The highest BCUT2D eigenvalue weighted by Gasteiger charge is 2.20. The van der Waals surface area contributed by atoms with E-state index >= 15 is 0 Å². The summed E-state index contributed by atoms with van der Waals surface area (Å²) < 4.78 is 6.99. The normalized spacial score (nSPS) is 11.6. The first-order chi connectivity index (χ1) is 33.1. The molecule has 67 heavy (non-hydrogen) atoms. The topological polar surface area (TPSA) is 88.2 Å². The van der Waals surface area contributed by atoms with Crippen molar-refractivity contribution in [2.75, 3.05) is 0 Å². The fraction of sp³-hybridized carbons (Fsp3) is 0. The molecule has 0 fully saturated rings. The molecule has 0 atom stereocenters. The van der Waals surface area contributed by atoms with Crippen molar-refractivity contribution in [3.63, 3.8) is 0 Å². The molecule has 0 unspecified atom stereocenters. The Morgan fingerprint density at radius 1 is 0.299 bits per heavy atom. The molecule has 0 saturated carbocycles. The van der Waals surface area contributed by atoms with Crippen LogP contribution in [-0.4, -0.2) is 23.7 Å². The maximum Gasteiger partial charge on any atom is 0.160 e. The lowest BCUT2D eigenvalue weighted by molar-refractivity contribution is 1.13. The molecule has 310 valence electrons. The van der Waals surface area contributed by atoms with Crippen molar-refractivity contribution in [1.29, 1.82) is 10.5 Å². The third-order valence-electron chi connectivity index (χ3n) is 13.1. The van der Waals surface area contributed by atoms with E-state index in [1.165, 1.54) is 32.3 Å². The molecule has 0 radical (unpaired) electrons. The van der Waals surface area contributed by atoms with E-state index in [-0.39, 0.29) is 0 Å². The van der Waals surface area contributed by atoms with Crippen molar-refractivity contribution >= 4 is 65.4 Å². The Labute approximate surface area is 384 Å². The number of nitrogens with zero attached hydrogens (tertiary/aromatic N) is 7. The molecule has 0 spiro atoms. The predicted molar refractivity (Wildman–Crippen MR) is 271 cm³/mol. The van der Waals surface area contributed by atoms with E-state index in [2.05, 4.69) is 220 Å². The second kappa shape index (κ2) is 15.0. The van der Waals surface area contributed by atoms with Gasteiger partial charge in [-0.1, -0.05) is 121 Å². The van der Waals surface area contributed by atoms with Crippen LogP contribution >= 0.6 is 0 Å². The molecule has 13 rings (SSSR count). The highest BCUT2D eigenvalue weighted by molar-refractivity contribution is 6.11. The van der Waals surface area contributed by atoms with Crippen molar-refractivity contribution in [3.8, 4) is 63.1 Å². The van der Waals surface area contributed by atoms with E-state index in [4.69, 9.17) is 9.97 Å². The van der Waals surface area contributed by atoms with Gasteiger partial charge in [-0.3, -0.25) is 0 Å². The zero-order valence-electron chi connectivity index (χ0n) is 35.8. The van der Waals surface area contributed by atoms with Crippen LogP contribution in [0.25, 0.3) is 116 Å².